The maximum Gasteiger partial charge on any atom is 0.410 e. The smallest absolute Gasteiger partial charge is 0.410 e. The Morgan fingerprint density at radius 2 is 2.12 bits per heavy atom. The van der Waals surface area contributed by atoms with Crippen molar-refractivity contribution < 1.29 is 19.4 Å². The van der Waals surface area contributed by atoms with Gasteiger partial charge in [0, 0.05) is 13.1 Å². The summed E-state index contributed by atoms with van der Waals surface area (Å²) in [5.41, 5.74) is 0. The van der Waals surface area contributed by atoms with Gasteiger partial charge >= 0.3 is 12.1 Å². The van der Waals surface area contributed by atoms with Gasteiger partial charge in [-0.05, 0) is 5.92 Å². The molecular formula is C11H19NO4. The van der Waals surface area contributed by atoms with Gasteiger partial charge in [0.2, 0.25) is 0 Å². The summed E-state index contributed by atoms with van der Waals surface area (Å²) in [5, 5.41) is 8.56. The van der Waals surface area contributed by atoms with Crippen LogP contribution in [0, 0.1) is 5.92 Å². The molecule has 0 heterocycles. The lowest BCUT2D eigenvalue weighted by molar-refractivity contribution is -0.137. The first-order valence-electron chi connectivity index (χ1n) is 5.21. The number of hydrogen-bond acceptors (Lipinski definition) is 3. The molecule has 0 bridgehead atoms. The largest absolute Gasteiger partial charge is 0.481 e. The molecule has 0 aromatic rings. The number of carboxylic acids is 1. The predicted octanol–water partition coefficient (Wildman–Crippen LogP) is 1.74. The van der Waals surface area contributed by atoms with E-state index in [1.165, 1.54) is 11.0 Å². The summed E-state index contributed by atoms with van der Waals surface area (Å²) in [6.07, 6.45) is 0.910. The van der Waals surface area contributed by atoms with Crippen molar-refractivity contribution in [3.8, 4) is 0 Å². The molecular weight excluding hydrogens is 210 g/mol. The van der Waals surface area contributed by atoms with Crippen LogP contribution < -0.4 is 0 Å². The van der Waals surface area contributed by atoms with E-state index in [2.05, 4.69) is 6.58 Å². The third-order valence-corrected chi connectivity index (χ3v) is 1.76. The summed E-state index contributed by atoms with van der Waals surface area (Å²) >= 11 is 0. The molecule has 1 amide bonds. The average Bonchev–Trinajstić information content (AvgIpc) is 2.19. The van der Waals surface area contributed by atoms with Crippen LogP contribution in [-0.4, -0.2) is 41.8 Å². The van der Waals surface area contributed by atoms with Gasteiger partial charge in [-0.25, -0.2) is 4.79 Å². The highest BCUT2D eigenvalue weighted by atomic mass is 16.6. The summed E-state index contributed by atoms with van der Waals surface area (Å²) in [5.74, 6) is -0.657. The number of rotatable bonds is 7. The number of carbonyl (C=O) groups is 2. The van der Waals surface area contributed by atoms with Crippen molar-refractivity contribution in [1.82, 2.24) is 4.90 Å². The van der Waals surface area contributed by atoms with E-state index in [0.717, 1.165) is 0 Å². The quantitative estimate of drug-likeness (QED) is 0.675. The van der Waals surface area contributed by atoms with Crippen LogP contribution in [0.15, 0.2) is 12.7 Å². The van der Waals surface area contributed by atoms with E-state index in [-0.39, 0.29) is 25.5 Å². The van der Waals surface area contributed by atoms with Crippen LogP contribution >= 0.6 is 0 Å². The highest BCUT2D eigenvalue weighted by molar-refractivity contribution is 5.70. The number of aliphatic carboxylic acids is 1. The van der Waals surface area contributed by atoms with Gasteiger partial charge in [-0.1, -0.05) is 26.5 Å². The Morgan fingerprint density at radius 1 is 1.50 bits per heavy atom. The maximum absolute atomic E-state index is 11.5. The van der Waals surface area contributed by atoms with Crippen LogP contribution in [0.1, 0.15) is 20.3 Å². The molecule has 0 rings (SSSR count). The summed E-state index contributed by atoms with van der Waals surface area (Å²) in [6.45, 7) is 8.14. The Labute approximate surface area is 95.7 Å². The van der Waals surface area contributed by atoms with Gasteiger partial charge in [-0.2, -0.15) is 0 Å². The SMILES string of the molecule is C=CCOC(=O)N(CCC(=O)O)CC(C)C. The molecule has 0 saturated heterocycles. The van der Waals surface area contributed by atoms with Crippen molar-refractivity contribution in [3.05, 3.63) is 12.7 Å². The molecule has 16 heavy (non-hydrogen) atoms. The first-order valence-corrected chi connectivity index (χ1v) is 5.21. The standard InChI is InChI=1S/C11H19NO4/c1-4-7-16-11(15)12(8-9(2)3)6-5-10(13)14/h4,9H,1,5-8H2,2-3H3,(H,13,14). The monoisotopic (exact) mass is 229 g/mol. The van der Waals surface area contributed by atoms with Gasteiger partial charge in [0.25, 0.3) is 0 Å². The van der Waals surface area contributed by atoms with Crippen LogP contribution in [0.25, 0.3) is 0 Å². The van der Waals surface area contributed by atoms with E-state index in [1.807, 2.05) is 13.8 Å². The lowest BCUT2D eigenvalue weighted by atomic mass is 10.2. The van der Waals surface area contributed by atoms with Crippen LogP contribution in [0.4, 0.5) is 4.79 Å². The minimum atomic E-state index is -0.926. The van der Waals surface area contributed by atoms with Crippen molar-refractivity contribution in [1.29, 1.82) is 0 Å². The number of nitrogens with zero attached hydrogens (tertiary/aromatic N) is 1. The molecule has 0 spiro atoms. The molecule has 0 fully saturated rings. The molecule has 0 unspecified atom stereocenters. The lowest BCUT2D eigenvalue weighted by Gasteiger charge is -2.22. The number of carbonyl (C=O) groups excluding carboxylic acids is 1. The van der Waals surface area contributed by atoms with E-state index in [4.69, 9.17) is 9.84 Å². The maximum atomic E-state index is 11.5. The van der Waals surface area contributed by atoms with E-state index >= 15 is 0 Å². The minimum absolute atomic E-state index is 0.0735. The molecule has 0 aromatic carbocycles. The fourth-order valence-corrected chi connectivity index (χ4v) is 1.15. The first-order chi connectivity index (χ1) is 7.47. The molecule has 5 heteroatoms. The normalized spacial score (nSPS) is 9.94. The van der Waals surface area contributed by atoms with Gasteiger partial charge in [0.05, 0.1) is 6.42 Å². The molecule has 0 aliphatic rings. The zero-order valence-electron chi connectivity index (χ0n) is 9.81. The zero-order valence-corrected chi connectivity index (χ0v) is 9.81. The zero-order chi connectivity index (χ0) is 12.6. The Morgan fingerprint density at radius 3 is 2.56 bits per heavy atom. The molecule has 0 aliphatic heterocycles. The second-order valence-electron chi connectivity index (χ2n) is 3.85. The van der Waals surface area contributed by atoms with Crippen molar-refractivity contribution in [3.63, 3.8) is 0 Å². The van der Waals surface area contributed by atoms with E-state index in [9.17, 15) is 9.59 Å². The third kappa shape index (κ3) is 6.86. The van der Waals surface area contributed by atoms with E-state index < -0.39 is 12.1 Å². The second kappa shape index (κ2) is 7.73. The topological polar surface area (TPSA) is 66.8 Å². The van der Waals surface area contributed by atoms with Crippen LogP contribution in [-0.2, 0) is 9.53 Å². The van der Waals surface area contributed by atoms with Crippen LogP contribution in [0.2, 0.25) is 0 Å². The van der Waals surface area contributed by atoms with Crippen molar-refractivity contribution in [2.45, 2.75) is 20.3 Å². The van der Waals surface area contributed by atoms with Crippen LogP contribution in [0.3, 0.4) is 0 Å². The number of carboxylic acid groups (broad SMARTS) is 1. The van der Waals surface area contributed by atoms with Gasteiger partial charge < -0.3 is 14.7 Å². The first kappa shape index (κ1) is 14.5. The molecule has 0 aliphatic carbocycles. The molecule has 1 N–H and O–H groups in total. The lowest BCUT2D eigenvalue weighted by Crippen LogP contribution is -2.36. The highest BCUT2D eigenvalue weighted by Crippen LogP contribution is 2.03. The predicted molar refractivity (Wildman–Crippen MR) is 60.2 cm³/mol. The van der Waals surface area contributed by atoms with Crippen LogP contribution in [0.5, 0.6) is 0 Å². The average molecular weight is 229 g/mol. The summed E-state index contributed by atoms with van der Waals surface area (Å²) < 4.78 is 4.86. The molecule has 0 saturated carbocycles. The fraction of sp³-hybridized carbons (Fsp3) is 0.636. The number of ether oxygens (including phenoxy) is 1. The Hall–Kier alpha value is -1.52. The van der Waals surface area contributed by atoms with E-state index in [1.54, 1.807) is 0 Å². The molecule has 92 valence electrons. The molecule has 5 nitrogen and oxygen atoms in total. The fourth-order valence-electron chi connectivity index (χ4n) is 1.15. The van der Waals surface area contributed by atoms with Gasteiger partial charge in [0.15, 0.2) is 0 Å². The Kier molecular flexibility index (Phi) is 7.00. The Bertz CT molecular complexity index is 250. The molecule has 0 radical (unpaired) electrons. The Balaban J connectivity index is 4.22. The summed E-state index contributed by atoms with van der Waals surface area (Å²) in [7, 11) is 0. The van der Waals surface area contributed by atoms with Gasteiger partial charge in [0.1, 0.15) is 6.61 Å². The molecule has 0 aromatic heterocycles. The minimum Gasteiger partial charge on any atom is -0.481 e. The van der Waals surface area contributed by atoms with Crippen molar-refractivity contribution in [2.75, 3.05) is 19.7 Å². The van der Waals surface area contributed by atoms with E-state index in [0.29, 0.717) is 6.54 Å². The number of amides is 1. The van der Waals surface area contributed by atoms with Gasteiger partial charge in [-0.3, -0.25) is 4.79 Å². The second-order valence-corrected chi connectivity index (χ2v) is 3.85. The van der Waals surface area contributed by atoms with Gasteiger partial charge in [-0.15, -0.1) is 0 Å². The van der Waals surface area contributed by atoms with Crippen molar-refractivity contribution in [2.24, 2.45) is 5.92 Å². The summed E-state index contributed by atoms with van der Waals surface area (Å²) in [4.78, 5) is 23.3. The summed E-state index contributed by atoms with van der Waals surface area (Å²) in [6, 6.07) is 0. The highest BCUT2D eigenvalue weighted by Gasteiger charge is 2.16. The molecule has 0 atom stereocenters. The number of hydrogen-bond donors (Lipinski definition) is 1. The van der Waals surface area contributed by atoms with Crippen molar-refractivity contribution >= 4 is 12.1 Å². The third-order valence-electron chi connectivity index (χ3n) is 1.76.